The van der Waals surface area contributed by atoms with E-state index in [0.29, 0.717) is 0 Å². The smallest absolute Gasteiger partial charge is 0.0615 e. The Kier molecular flexibility index (Phi) is 6.33. The van der Waals surface area contributed by atoms with E-state index in [4.69, 9.17) is 0 Å². The summed E-state index contributed by atoms with van der Waals surface area (Å²) in [5.41, 5.74) is 8.77. The second-order valence-corrected chi connectivity index (χ2v) is 10.0. The summed E-state index contributed by atoms with van der Waals surface area (Å²) >= 11 is 0. The molecule has 1 N–H and O–H groups in total. The van der Waals surface area contributed by atoms with Crippen LogP contribution in [0.15, 0.2) is 72.8 Å². The zero-order valence-corrected chi connectivity index (χ0v) is 19.2. The first-order chi connectivity index (χ1) is 14.1. The molecule has 0 saturated heterocycles. The minimum atomic E-state index is -0.0328. The number of aliphatic hydroxyl groups is 1. The minimum absolute atomic E-state index is 0.0328. The third kappa shape index (κ3) is 4.91. The van der Waals surface area contributed by atoms with Crippen LogP contribution in [0.3, 0.4) is 0 Å². The van der Waals surface area contributed by atoms with E-state index >= 15 is 0 Å². The fraction of sp³-hybridized carbons (Fsp3) is 0.310. The van der Waals surface area contributed by atoms with Crippen molar-refractivity contribution in [3.8, 4) is 22.3 Å². The Hall–Kier alpha value is -2.64. The van der Waals surface area contributed by atoms with Gasteiger partial charge in [0.15, 0.2) is 0 Å². The number of rotatable bonds is 4. The molecule has 0 aliphatic heterocycles. The second-order valence-electron chi connectivity index (χ2n) is 10.0. The molecule has 3 aromatic rings. The van der Waals surface area contributed by atoms with Gasteiger partial charge < -0.3 is 5.11 Å². The molecule has 0 atom stereocenters. The third-order valence-corrected chi connectivity index (χ3v) is 5.49. The predicted molar refractivity (Wildman–Crippen MR) is 131 cm³/mol. The summed E-state index contributed by atoms with van der Waals surface area (Å²) in [4.78, 5) is 0. The van der Waals surface area contributed by atoms with Crippen LogP contribution in [0, 0.1) is 0 Å². The van der Waals surface area contributed by atoms with E-state index in [-0.39, 0.29) is 17.4 Å². The Morgan fingerprint density at radius 1 is 0.700 bits per heavy atom. The van der Waals surface area contributed by atoms with Gasteiger partial charge in [0, 0.05) is 0 Å². The van der Waals surface area contributed by atoms with Crippen LogP contribution < -0.4 is 0 Å². The highest BCUT2D eigenvalue weighted by Crippen LogP contribution is 2.40. The van der Waals surface area contributed by atoms with Crippen molar-refractivity contribution in [1.29, 1.82) is 0 Å². The monoisotopic (exact) mass is 398 g/mol. The number of benzene rings is 3. The lowest BCUT2D eigenvalue weighted by Crippen LogP contribution is -2.15. The number of hydrogen-bond donors (Lipinski definition) is 1. The zero-order valence-electron chi connectivity index (χ0n) is 19.2. The highest BCUT2D eigenvalue weighted by Gasteiger charge is 2.23. The molecular formula is C29H34O. The van der Waals surface area contributed by atoms with Gasteiger partial charge >= 0.3 is 0 Å². The topological polar surface area (TPSA) is 20.2 Å². The van der Waals surface area contributed by atoms with Crippen LogP contribution in [-0.2, 0) is 10.8 Å². The van der Waals surface area contributed by atoms with E-state index in [1.165, 1.54) is 33.4 Å². The molecule has 0 amide bonds. The van der Waals surface area contributed by atoms with E-state index in [1.807, 2.05) is 6.08 Å². The lowest BCUT2D eigenvalue weighted by Gasteiger charge is -2.27. The lowest BCUT2D eigenvalue weighted by molar-refractivity contribution is 0.343. The van der Waals surface area contributed by atoms with Crippen molar-refractivity contribution in [2.24, 2.45) is 0 Å². The van der Waals surface area contributed by atoms with Crippen LogP contribution in [0.5, 0.6) is 0 Å². The van der Waals surface area contributed by atoms with Gasteiger partial charge in [-0.1, -0.05) is 108 Å². The summed E-state index contributed by atoms with van der Waals surface area (Å²) in [7, 11) is 0. The minimum Gasteiger partial charge on any atom is -0.392 e. The normalized spacial score (nSPS) is 12.5. The van der Waals surface area contributed by atoms with Crippen LogP contribution in [0.2, 0.25) is 0 Å². The second kappa shape index (κ2) is 8.62. The van der Waals surface area contributed by atoms with Gasteiger partial charge in [-0.05, 0) is 61.9 Å². The first-order valence-electron chi connectivity index (χ1n) is 10.7. The van der Waals surface area contributed by atoms with Gasteiger partial charge in [-0.3, -0.25) is 0 Å². The van der Waals surface area contributed by atoms with Crippen molar-refractivity contribution in [3.05, 3.63) is 89.5 Å². The molecule has 0 heterocycles. The molecule has 0 unspecified atom stereocenters. The Morgan fingerprint density at radius 2 is 1.33 bits per heavy atom. The molecule has 3 rings (SSSR count). The third-order valence-electron chi connectivity index (χ3n) is 5.49. The van der Waals surface area contributed by atoms with Gasteiger partial charge in [-0.2, -0.15) is 0 Å². The van der Waals surface area contributed by atoms with Gasteiger partial charge in [0.25, 0.3) is 0 Å². The summed E-state index contributed by atoms with van der Waals surface area (Å²) in [6.45, 7) is 13.5. The van der Waals surface area contributed by atoms with Gasteiger partial charge in [0.2, 0.25) is 0 Å². The summed E-state index contributed by atoms with van der Waals surface area (Å²) in [6, 6.07) is 24.1. The molecule has 30 heavy (non-hydrogen) atoms. The van der Waals surface area contributed by atoms with E-state index in [0.717, 1.165) is 5.56 Å². The van der Waals surface area contributed by atoms with E-state index in [2.05, 4.69) is 114 Å². The van der Waals surface area contributed by atoms with Crippen molar-refractivity contribution < 1.29 is 5.11 Å². The molecule has 1 heteroatoms. The quantitative estimate of drug-likeness (QED) is 0.479. The zero-order chi connectivity index (χ0) is 21.9. The molecule has 0 spiro atoms. The maximum atomic E-state index is 9.41. The van der Waals surface area contributed by atoms with Crippen molar-refractivity contribution in [3.63, 3.8) is 0 Å². The predicted octanol–water partition coefficient (Wildman–Crippen LogP) is 7.62. The highest BCUT2D eigenvalue weighted by molar-refractivity contribution is 5.81. The summed E-state index contributed by atoms with van der Waals surface area (Å²) in [6.07, 6.45) is 3.88. The molecule has 156 valence electrons. The molecule has 3 aromatic carbocycles. The molecular weight excluding hydrogens is 364 g/mol. The highest BCUT2D eigenvalue weighted by atomic mass is 16.2. The number of aliphatic hydroxyl groups excluding tert-OH is 1. The Morgan fingerprint density at radius 3 is 1.87 bits per heavy atom. The molecule has 0 aromatic heterocycles. The van der Waals surface area contributed by atoms with Crippen molar-refractivity contribution in [1.82, 2.24) is 0 Å². The van der Waals surface area contributed by atoms with Crippen LogP contribution in [0.25, 0.3) is 28.3 Å². The van der Waals surface area contributed by atoms with Gasteiger partial charge in [0.05, 0.1) is 6.61 Å². The maximum Gasteiger partial charge on any atom is 0.0615 e. The van der Waals surface area contributed by atoms with Crippen LogP contribution in [0.1, 0.15) is 58.2 Å². The Labute approximate surface area is 182 Å². The average Bonchev–Trinajstić information content (AvgIpc) is 2.71. The summed E-state index contributed by atoms with van der Waals surface area (Å²) in [5, 5.41) is 9.41. The molecule has 0 bridgehead atoms. The Balaban J connectivity index is 2.26. The van der Waals surface area contributed by atoms with E-state index in [1.54, 1.807) is 0 Å². The van der Waals surface area contributed by atoms with E-state index in [9.17, 15) is 5.11 Å². The molecule has 0 saturated carbocycles. The molecule has 0 radical (unpaired) electrons. The summed E-state index contributed by atoms with van der Waals surface area (Å²) in [5.74, 6) is 0. The van der Waals surface area contributed by atoms with Crippen LogP contribution in [0.4, 0.5) is 0 Å². The van der Waals surface area contributed by atoms with Crippen molar-refractivity contribution in [2.75, 3.05) is 6.61 Å². The van der Waals surface area contributed by atoms with Crippen molar-refractivity contribution >= 4 is 6.08 Å². The fourth-order valence-electron chi connectivity index (χ4n) is 3.99. The van der Waals surface area contributed by atoms with Crippen LogP contribution >= 0.6 is 0 Å². The van der Waals surface area contributed by atoms with Crippen LogP contribution in [-0.4, -0.2) is 11.7 Å². The summed E-state index contributed by atoms with van der Waals surface area (Å²) < 4.78 is 0. The van der Waals surface area contributed by atoms with Crippen molar-refractivity contribution in [2.45, 2.75) is 52.4 Å². The SMILES string of the molecule is CC(C)(C)c1ccc(-c2cc(C=CCO)c(C(C)(C)C)c(-c3ccccc3)c2)cc1. The molecule has 1 nitrogen and oxygen atoms in total. The molecule has 0 aliphatic carbocycles. The standard InChI is InChI=1S/C29H34O/c1-28(2,3)25-16-14-21(15-17-25)24-19-23(13-10-18-30)27(29(4,5)6)26(20-24)22-11-8-7-9-12-22/h7-17,19-20,30H,18H2,1-6H3. The average molecular weight is 399 g/mol. The lowest BCUT2D eigenvalue weighted by atomic mass is 9.77. The van der Waals surface area contributed by atoms with Gasteiger partial charge in [-0.15, -0.1) is 0 Å². The van der Waals surface area contributed by atoms with Gasteiger partial charge in [-0.25, -0.2) is 0 Å². The maximum absolute atomic E-state index is 9.41. The first kappa shape index (κ1) is 22.1. The first-order valence-corrected chi connectivity index (χ1v) is 10.7. The fourth-order valence-corrected chi connectivity index (χ4v) is 3.99. The largest absolute Gasteiger partial charge is 0.392 e. The Bertz CT molecular complexity index is 1010. The molecule has 0 fully saturated rings. The molecule has 0 aliphatic rings. The number of hydrogen-bond acceptors (Lipinski definition) is 1. The van der Waals surface area contributed by atoms with Gasteiger partial charge in [0.1, 0.15) is 0 Å². The van der Waals surface area contributed by atoms with E-state index < -0.39 is 0 Å².